The van der Waals surface area contributed by atoms with Gasteiger partial charge in [-0.2, -0.15) is 5.26 Å². The molecule has 2 rings (SSSR count). The van der Waals surface area contributed by atoms with Crippen molar-refractivity contribution >= 4 is 16.7 Å². The number of anilines is 1. The SMILES string of the molecule is N#CNc1cc2ccccc2[nH]1. The maximum atomic E-state index is 8.36. The van der Waals surface area contributed by atoms with Crippen LogP contribution in [-0.4, -0.2) is 4.98 Å². The van der Waals surface area contributed by atoms with E-state index < -0.39 is 0 Å². The molecule has 0 aliphatic rings. The zero-order valence-electron chi connectivity index (χ0n) is 6.33. The van der Waals surface area contributed by atoms with Gasteiger partial charge in [0, 0.05) is 10.9 Å². The summed E-state index contributed by atoms with van der Waals surface area (Å²) in [7, 11) is 0. The predicted molar refractivity (Wildman–Crippen MR) is 47.5 cm³/mol. The largest absolute Gasteiger partial charge is 0.341 e. The summed E-state index contributed by atoms with van der Waals surface area (Å²) in [4.78, 5) is 3.06. The summed E-state index contributed by atoms with van der Waals surface area (Å²) in [6, 6.07) is 9.78. The van der Waals surface area contributed by atoms with Crippen LogP contribution in [0.2, 0.25) is 0 Å². The predicted octanol–water partition coefficient (Wildman–Crippen LogP) is 2.06. The zero-order valence-corrected chi connectivity index (χ0v) is 6.33. The highest BCUT2D eigenvalue weighted by Crippen LogP contribution is 2.17. The monoisotopic (exact) mass is 157 g/mol. The molecular weight excluding hydrogens is 150 g/mol. The molecule has 1 heterocycles. The molecule has 0 spiro atoms. The van der Waals surface area contributed by atoms with Crippen molar-refractivity contribution in [3.05, 3.63) is 30.3 Å². The van der Waals surface area contributed by atoms with Crippen LogP contribution < -0.4 is 5.32 Å². The van der Waals surface area contributed by atoms with Crippen molar-refractivity contribution < 1.29 is 0 Å². The molecule has 0 saturated heterocycles. The van der Waals surface area contributed by atoms with Crippen LogP contribution in [0.4, 0.5) is 5.82 Å². The number of nitrogens with zero attached hydrogens (tertiary/aromatic N) is 1. The average molecular weight is 157 g/mol. The molecule has 58 valence electrons. The summed E-state index contributed by atoms with van der Waals surface area (Å²) >= 11 is 0. The number of benzene rings is 1. The van der Waals surface area contributed by atoms with E-state index in [0.29, 0.717) is 0 Å². The molecule has 0 fully saturated rings. The van der Waals surface area contributed by atoms with E-state index in [1.807, 2.05) is 36.5 Å². The molecule has 0 atom stereocenters. The minimum absolute atomic E-state index is 0.735. The van der Waals surface area contributed by atoms with E-state index in [1.165, 1.54) is 0 Å². The third kappa shape index (κ3) is 0.995. The second kappa shape index (κ2) is 2.59. The smallest absolute Gasteiger partial charge is 0.182 e. The van der Waals surface area contributed by atoms with Crippen LogP contribution in [0.15, 0.2) is 30.3 Å². The Morgan fingerprint density at radius 3 is 2.92 bits per heavy atom. The van der Waals surface area contributed by atoms with Gasteiger partial charge in [-0.15, -0.1) is 0 Å². The van der Waals surface area contributed by atoms with Gasteiger partial charge in [0.25, 0.3) is 0 Å². The van der Waals surface area contributed by atoms with Crippen LogP contribution in [0.25, 0.3) is 10.9 Å². The summed E-state index contributed by atoms with van der Waals surface area (Å²) in [5.74, 6) is 0.735. The Kier molecular flexibility index (Phi) is 1.45. The lowest BCUT2D eigenvalue weighted by molar-refractivity contribution is 1.40. The number of hydrogen-bond donors (Lipinski definition) is 2. The van der Waals surface area contributed by atoms with Crippen LogP contribution in [0, 0.1) is 11.5 Å². The Hall–Kier alpha value is -1.95. The van der Waals surface area contributed by atoms with E-state index in [2.05, 4.69) is 10.3 Å². The Balaban J connectivity index is 2.56. The van der Waals surface area contributed by atoms with E-state index in [4.69, 9.17) is 5.26 Å². The molecule has 0 bridgehead atoms. The van der Waals surface area contributed by atoms with Gasteiger partial charge >= 0.3 is 0 Å². The number of aromatic nitrogens is 1. The summed E-state index contributed by atoms with van der Waals surface area (Å²) in [5.41, 5.74) is 1.04. The normalized spacial score (nSPS) is 9.58. The van der Waals surface area contributed by atoms with Crippen molar-refractivity contribution in [1.82, 2.24) is 4.98 Å². The number of hydrogen-bond acceptors (Lipinski definition) is 2. The van der Waals surface area contributed by atoms with Crippen molar-refractivity contribution in [3.63, 3.8) is 0 Å². The molecule has 2 N–H and O–H groups in total. The maximum absolute atomic E-state index is 8.36. The maximum Gasteiger partial charge on any atom is 0.182 e. The lowest BCUT2D eigenvalue weighted by Crippen LogP contribution is -1.84. The molecule has 0 amide bonds. The van der Waals surface area contributed by atoms with Crippen LogP contribution in [0.1, 0.15) is 0 Å². The standard InChI is InChI=1S/C9H7N3/c10-6-11-9-5-7-3-1-2-4-8(7)12-9/h1-5,11-12H. The van der Waals surface area contributed by atoms with E-state index in [0.717, 1.165) is 16.7 Å². The van der Waals surface area contributed by atoms with Gasteiger partial charge in [0.15, 0.2) is 6.19 Å². The highest BCUT2D eigenvalue weighted by molar-refractivity contribution is 5.83. The Morgan fingerprint density at radius 2 is 2.17 bits per heavy atom. The molecule has 0 aliphatic carbocycles. The molecule has 1 aromatic carbocycles. The highest BCUT2D eigenvalue weighted by atomic mass is 15.0. The van der Waals surface area contributed by atoms with Gasteiger partial charge in [-0.3, -0.25) is 5.32 Å². The topological polar surface area (TPSA) is 51.6 Å². The molecule has 0 aliphatic heterocycles. The Labute approximate surface area is 69.6 Å². The van der Waals surface area contributed by atoms with E-state index in [9.17, 15) is 0 Å². The molecule has 12 heavy (non-hydrogen) atoms. The first kappa shape index (κ1) is 6.74. The molecular formula is C9H7N3. The highest BCUT2D eigenvalue weighted by Gasteiger charge is 1.96. The van der Waals surface area contributed by atoms with Crippen molar-refractivity contribution in [2.75, 3.05) is 5.32 Å². The zero-order chi connectivity index (χ0) is 8.39. The summed E-state index contributed by atoms with van der Waals surface area (Å²) in [6.45, 7) is 0. The van der Waals surface area contributed by atoms with E-state index in [-0.39, 0.29) is 0 Å². The second-order valence-electron chi connectivity index (χ2n) is 2.51. The second-order valence-corrected chi connectivity index (χ2v) is 2.51. The molecule has 0 radical (unpaired) electrons. The van der Waals surface area contributed by atoms with Crippen molar-refractivity contribution in [2.24, 2.45) is 0 Å². The molecule has 1 aromatic heterocycles. The fraction of sp³-hybridized carbons (Fsp3) is 0. The lowest BCUT2D eigenvalue weighted by Gasteiger charge is -1.86. The number of aromatic amines is 1. The molecule has 3 nitrogen and oxygen atoms in total. The van der Waals surface area contributed by atoms with Crippen LogP contribution >= 0.6 is 0 Å². The quantitative estimate of drug-likeness (QED) is 0.491. The first-order chi connectivity index (χ1) is 5.90. The summed E-state index contributed by atoms with van der Waals surface area (Å²) in [5, 5.41) is 12.0. The van der Waals surface area contributed by atoms with E-state index >= 15 is 0 Å². The van der Waals surface area contributed by atoms with Gasteiger partial charge in [0.2, 0.25) is 0 Å². The number of para-hydroxylation sites is 1. The van der Waals surface area contributed by atoms with Crippen LogP contribution in [0.5, 0.6) is 0 Å². The number of nitrogens with one attached hydrogen (secondary N) is 2. The number of nitriles is 1. The third-order valence-electron chi connectivity index (χ3n) is 1.72. The Morgan fingerprint density at radius 1 is 1.33 bits per heavy atom. The molecule has 0 unspecified atom stereocenters. The number of rotatable bonds is 1. The Bertz CT molecular complexity index is 403. The van der Waals surface area contributed by atoms with Gasteiger partial charge in [-0.05, 0) is 12.1 Å². The first-order valence-corrected chi connectivity index (χ1v) is 3.63. The van der Waals surface area contributed by atoms with Crippen molar-refractivity contribution in [3.8, 4) is 6.19 Å². The minimum Gasteiger partial charge on any atom is -0.341 e. The lowest BCUT2D eigenvalue weighted by atomic mass is 10.2. The van der Waals surface area contributed by atoms with Crippen molar-refractivity contribution in [1.29, 1.82) is 5.26 Å². The fourth-order valence-electron chi connectivity index (χ4n) is 1.20. The fourth-order valence-corrected chi connectivity index (χ4v) is 1.20. The van der Waals surface area contributed by atoms with Gasteiger partial charge in [0.05, 0.1) is 0 Å². The number of fused-ring (bicyclic) bond motifs is 1. The molecule has 0 saturated carbocycles. The van der Waals surface area contributed by atoms with Crippen molar-refractivity contribution in [2.45, 2.75) is 0 Å². The van der Waals surface area contributed by atoms with E-state index in [1.54, 1.807) is 0 Å². The van der Waals surface area contributed by atoms with Gasteiger partial charge < -0.3 is 4.98 Å². The van der Waals surface area contributed by atoms with Crippen LogP contribution in [-0.2, 0) is 0 Å². The third-order valence-corrected chi connectivity index (χ3v) is 1.72. The number of H-pyrrole nitrogens is 1. The molecule has 3 heteroatoms. The van der Waals surface area contributed by atoms with Crippen LogP contribution in [0.3, 0.4) is 0 Å². The summed E-state index contributed by atoms with van der Waals surface area (Å²) in [6.07, 6.45) is 1.86. The first-order valence-electron chi connectivity index (χ1n) is 3.63. The molecule has 2 aromatic rings. The minimum atomic E-state index is 0.735. The summed E-state index contributed by atoms with van der Waals surface area (Å²) < 4.78 is 0. The van der Waals surface area contributed by atoms with Gasteiger partial charge in [0.1, 0.15) is 5.82 Å². The van der Waals surface area contributed by atoms with Gasteiger partial charge in [-0.25, -0.2) is 0 Å². The average Bonchev–Trinajstić information content (AvgIpc) is 2.47. The van der Waals surface area contributed by atoms with Gasteiger partial charge in [-0.1, -0.05) is 18.2 Å².